The van der Waals surface area contributed by atoms with Crippen molar-refractivity contribution in [2.24, 2.45) is 0 Å². The summed E-state index contributed by atoms with van der Waals surface area (Å²) in [5.41, 5.74) is 4.51. The van der Waals surface area contributed by atoms with Crippen molar-refractivity contribution < 1.29 is 19.1 Å². The maximum atomic E-state index is 13.3. The summed E-state index contributed by atoms with van der Waals surface area (Å²) < 4.78 is 11.9. The monoisotopic (exact) mass is 585 g/mol. The first-order chi connectivity index (χ1) is 21.5. The van der Waals surface area contributed by atoms with Crippen LogP contribution in [0.1, 0.15) is 50.2 Å². The van der Waals surface area contributed by atoms with E-state index in [1.807, 2.05) is 67.6 Å². The molecule has 2 N–H and O–H groups in total. The van der Waals surface area contributed by atoms with E-state index in [9.17, 15) is 9.59 Å². The third-order valence-corrected chi connectivity index (χ3v) is 6.54. The Morgan fingerprint density at radius 2 is 1.36 bits per heavy atom. The van der Waals surface area contributed by atoms with Gasteiger partial charge in [0.2, 0.25) is 0 Å². The number of allylic oxidation sites excluding steroid dienone is 1. The minimum absolute atomic E-state index is 0.115. The number of benzene rings is 2. The summed E-state index contributed by atoms with van der Waals surface area (Å²) >= 11 is 0. The lowest BCUT2D eigenvalue weighted by Crippen LogP contribution is -2.24. The molecule has 0 unspecified atom stereocenters. The van der Waals surface area contributed by atoms with E-state index in [2.05, 4.69) is 32.2 Å². The molecule has 2 amide bonds. The lowest BCUT2D eigenvalue weighted by molar-refractivity contribution is 0.0939. The van der Waals surface area contributed by atoms with Gasteiger partial charge in [0.25, 0.3) is 11.8 Å². The van der Waals surface area contributed by atoms with Crippen LogP contribution in [0.15, 0.2) is 116 Å². The van der Waals surface area contributed by atoms with Gasteiger partial charge in [-0.1, -0.05) is 67.2 Å². The van der Waals surface area contributed by atoms with Gasteiger partial charge in [0, 0.05) is 25.1 Å². The highest BCUT2D eigenvalue weighted by Gasteiger charge is 2.18. The number of ether oxygens (including phenoxy) is 2. The lowest BCUT2D eigenvalue weighted by Gasteiger charge is -2.13. The number of hydrogen-bond donors (Lipinski definition) is 2. The van der Waals surface area contributed by atoms with Crippen LogP contribution in [-0.2, 0) is 19.8 Å². The number of carbonyl (C=O) groups is 2. The van der Waals surface area contributed by atoms with Crippen molar-refractivity contribution in [2.45, 2.75) is 26.7 Å². The molecule has 0 spiro atoms. The molecule has 0 atom stereocenters. The zero-order valence-corrected chi connectivity index (χ0v) is 24.2. The Labute approximate surface area is 255 Å². The second-order valence-electron chi connectivity index (χ2n) is 9.94. The van der Waals surface area contributed by atoms with Crippen molar-refractivity contribution in [3.63, 3.8) is 0 Å². The topological polar surface area (TPSA) is 115 Å². The molecule has 5 aromatic rings. The first kappa shape index (κ1) is 29.7. The number of rotatable bonds is 12. The third kappa shape index (κ3) is 7.92. The molecule has 0 radical (unpaired) electrons. The van der Waals surface area contributed by atoms with Crippen LogP contribution < -0.4 is 20.1 Å². The molecule has 44 heavy (non-hydrogen) atoms. The molecular formula is C35H31N5O4. The largest absolute Gasteiger partial charge is 0.486 e. The van der Waals surface area contributed by atoms with Crippen LogP contribution >= 0.6 is 0 Å². The molecule has 2 aromatic carbocycles. The van der Waals surface area contributed by atoms with Gasteiger partial charge in [-0.3, -0.25) is 9.59 Å². The minimum atomic E-state index is -0.483. The maximum Gasteiger partial charge on any atom is 0.279 e. The van der Waals surface area contributed by atoms with Crippen LogP contribution in [0.4, 0.5) is 5.82 Å². The molecule has 0 aliphatic carbocycles. The summed E-state index contributed by atoms with van der Waals surface area (Å²) in [6.07, 6.45) is 4.68. The quantitative estimate of drug-likeness (QED) is 0.178. The van der Waals surface area contributed by atoms with E-state index in [0.29, 0.717) is 23.9 Å². The third-order valence-electron chi connectivity index (χ3n) is 6.54. The summed E-state index contributed by atoms with van der Waals surface area (Å²) in [7, 11) is 0. The van der Waals surface area contributed by atoms with Crippen LogP contribution in [0.5, 0.6) is 11.5 Å². The summed E-state index contributed by atoms with van der Waals surface area (Å²) in [6.45, 7) is 6.58. The molecule has 220 valence electrons. The minimum Gasteiger partial charge on any atom is -0.486 e. The highest BCUT2D eigenvalue weighted by atomic mass is 16.5. The van der Waals surface area contributed by atoms with Gasteiger partial charge in [0.1, 0.15) is 19.0 Å². The smallest absolute Gasteiger partial charge is 0.279 e. The number of anilines is 1. The molecular weight excluding hydrogens is 554 g/mol. The lowest BCUT2D eigenvalue weighted by atomic mass is 10.1. The van der Waals surface area contributed by atoms with E-state index in [4.69, 9.17) is 9.47 Å². The molecule has 0 bridgehead atoms. The summed E-state index contributed by atoms with van der Waals surface area (Å²) in [4.78, 5) is 39.1. The molecule has 0 fully saturated rings. The molecule has 3 heterocycles. The first-order valence-electron chi connectivity index (χ1n) is 13.9. The zero-order chi connectivity index (χ0) is 30.7. The van der Waals surface area contributed by atoms with Crippen LogP contribution in [0.25, 0.3) is 5.57 Å². The Hall–Kier alpha value is -5.83. The van der Waals surface area contributed by atoms with Crippen molar-refractivity contribution in [1.29, 1.82) is 0 Å². The predicted octanol–water partition coefficient (Wildman–Crippen LogP) is 6.25. The highest BCUT2D eigenvalue weighted by molar-refractivity contribution is 6.04. The molecule has 0 aliphatic heterocycles. The number of amides is 2. The highest BCUT2D eigenvalue weighted by Crippen LogP contribution is 2.24. The zero-order valence-electron chi connectivity index (χ0n) is 24.2. The van der Waals surface area contributed by atoms with Gasteiger partial charge in [-0.25, -0.2) is 15.0 Å². The van der Waals surface area contributed by atoms with Gasteiger partial charge in [-0.05, 0) is 65.1 Å². The molecule has 0 saturated carbocycles. The first-order valence-corrected chi connectivity index (χ1v) is 13.9. The number of carbonyl (C=O) groups excluding carboxylic acids is 2. The van der Waals surface area contributed by atoms with Crippen LogP contribution in [0.3, 0.4) is 0 Å². The van der Waals surface area contributed by atoms with E-state index in [0.717, 1.165) is 27.8 Å². The Kier molecular flexibility index (Phi) is 9.69. The van der Waals surface area contributed by atoms with E-state index in [1.54, 1.807) is 48.9 Å². The normalized spacial score (nSPS) is 10.5. The van der Waals surface area contributed by atoms with Crippen LogP contribution in [-0.4, -0.2) is 26.8 Å². The molecule has 0 aliphatic rings. The van der Waals surface area contributed by atoms with Gasteiger partial charge in [-0.2, -0.15) is 0 Å². The molecule has 5 rings (SSSR count). The van der Waals surface area contributed by atoms with Gasteiger partial charge >= 0.3 is 0 Å². The SMILES string of the molecule is C=C(C)c1cnc(C(=O)Nc2cc(CNC(=O)c3ncccc3OCc3ccccc3)ccn2)c(OCc2ccccc2)c1. The van der Waals surface area contributed by atoms with Crippen molar-refractivity contribution >= 4 is 23.2 Å². The molecule has 3 aromatic heterocycles. The van der Waals surface area contributed by atoms with Crippen LogP contribution in [0, 0.1) is 0 Å². The van der Waals surface area contributed by atoms with Crippen molar-refractivity contribution in [2.75, 3.05) is 5.32 Å². The fourth-order valence-corrected chi connectivity index (χ4v) is 4.20. The number of nitrogens with one attached hydrogen (secondary N) is 2. The number of hydrogen-bond acceptors (Lipinski definition) is 7. The number of aromatic nitrogens is 3. The van der Waals surface area contributed by atoms with E-state index in [1.165, 1.54) is 0 Å². The second-order valence-corrected chi connectivity index (χ2v) is 9.94. The van der Waals surface area contributed by atoms with E-state index < -0.39 is 11.8 Å². The predicted molar refractivity (Wildman–Crippen MR) is 168 cm³/mol. The Morgan fingerprint density at radius 1 is 0.705 bits per heavy atom. The van der Waals surface area contributed by atoms with Crippen LogP contribution in [0.2, 0.25) is 0 Å². The molecule has 9 heteroatoms. The number of nitrogens with zero attached hydrogens (tertiary/aromatic N) is 3. The van der Waals surface area contributed by atoms with Crippen molar-refractivity contribution in [3.8, 4) is 11.5 Å². The average molecular weight is 586 g/mol. The van der Waals surface area contributed by atoms with Gasteiger partial charge < -0.3 is 20.1 Å². The van der Waals surface area contributed by atoms with Gasteiger partial charge in [-0.15, -0.1) is 0 Å². The standard InChI is InChI=1S/C35H31N5O4/c1-24(2)28-19-30(44-23-26-12-7-4-8-13-26)33(38-21-28)35(42)40-31-18-27(15-17-36-31)20-39-34(41)32-29(14-9-16-37-32)43-22-25-10-5-3-6-11-25/h3-19,21H,1,20,22-23H2,2H3,(H,39,41)(H,36,40,42). The molecule has 9 nitrogen and oxygen atoms in total. The van der Waals surface area contributed by atoms with E-state index >= 15 is 0 Å². The summed E-state index contributed by atoms with van der Waals surface area (Å²) in [5, 5.41) is 5.65. The molecule has 0 saturated heterocycles. The Bertz CT molecular complexity index is 1760. The maximum absolute atomic E-state index is 13.3. The summed E-state index contributed by atoms with van der Waals surface area (Å²) in [5.74, 6) is 0.135. The average Bonchev–Trinajstić information content (AvgIpc) is 3.06. The Morgan fingerprint density at radius 3 is 2.05 bits per heavy atom. The fourth-order valence-electron chi connectivity index (χ4n) is 4.20. The number of pyridine rings is 3. The summed E-state index contributed by atoms with van der Waals surface area (Å²) in [6, 6.07) is 27.9. The van der Waals surface area contributed by atoms with Crippen molar-refractivity contribution in [3.05, 3.63) is 150 Å². The van der Waals surface area contributed by atoms with Gasteiger partial charge in [0.15, 0.2) is 22.9 Å². The van der Waals surface area contributed by atoms with E-state index in [-0.39, 0.29) is 24.5 Å². The fraction of sp³-hybridized carbons (Fsp3) is 0.114. The van der Waals surface area contributed by atoms with Crippen molar-refractivity contribution in [1.82, 2.24) is 20.3 Å². The Balaban J connectivity index is 1.24. The second kappa shape index (κ2) is 14.4. The van der Waals surface area contributed by atoms with Gasteiger partial charge in [0.05, 0.1) is 0 Å².